The van der Waals surface area contributed by atoms with Crippen LogP contribution in [-0.2, 0) is 0 Å². The zero-order chi connectivity index (χ0) is 11.1. The van der Waals surface area contributed by atoms with E-state index < -0.39 is 0 Å². The zero-order valence-electron chi connectivity index (χ0n) is 10.2. The summed E-state index contributed by atoms with van der Waals surface area (Å²) in [5.41, 5.74) is 3.43. The second kappa shape index (κ2) is 3.66. The molecule has 0 unspecified atom stereocenters. The molecule has 2 aliphatic rings. The Bertz CT molecular complexity index is 332. The van der Waals surface area contributed by atoms with Crippen molar-refractivity contribution in [1.82, 2.24) is 0 Å². The number of fused-ring (bicyclic) bond motifs is 1. The third-order valence-corrected chi connectivity index (χ3v) is 4.57. The zero-order valence-corrected chi connectivity index (χ0v) is 10.2. The molecule has 3 atom stereocenters. The molecule has 0 aliphatic heterocycles. The highest BCUT2D eigenvalue weighted by atomic mass is 14.4. The number of allylic oxidation sites excluding steroid dienone is 5. The topological polar surface area (TPSA) is 0 Å². The van der Waals surface area contributed by atoms with Gasteiger partial charge in [-0.15, -0.1) is 0 Å². The molecule has 2 rings (SSSR count). The molecule has 0 saturated heterocycles. The van der Waals surface area contributed by atoms with Crippen LogP contribution in [-0.4, -0.2) is 0 Å². The molecule has 0 aromatic carbocycles. The molecule has 0 heterocycles. The lowest BCUT2D eigenvalue weighted by Crippen LogP contribution is -2.35. The lowest BCUT2D eigenvalue weighted by Gasteiger charge is -2.45. The fraction of sp³-hybridized carbons (Fsp3) is 0.600. The van der Waals surface area contributed by atoms with Crippen LogP contribution in [0.25, 0.3) is 0 Å². The van der Waals surface area contributed by atoms with Crippen LogP contribution in [0.1, 0.15) is 40.0 Å². The van der Waals surface area contributed by atoms with Gasteiger partial charge in [-0.3, -0.25) is 0 Å². The van der Waals surface area contributed by atoms with Crippen molar-refractivity contribution >= 4 is 0 Å². The Hall–Kier alpha value is -0.780. The van der Waals surface area contributed by atoms with Crippen LogP contribution >= 0.6 is 0 Å². The molecule has 0 spiro atoms. The maximum absolute atomic E-state index is 4.14. The molecule has 0 aromatic rings. The monoisotopic (exact) mass is 202 g/mol. The minimum atomic E-state index is 0.399. The van der Waals surface area contributed by atoms with Gasteiger partial charge in [-0.2, -0.15) is 0 Å². The van der Waals surface area contributed by atoms with E-state index in [2.05, 4.69) is 45.6 Å². The van der Waals surface area contributed by atoms with Crippen molar-refractivity contribution in [3.8, 4) is 0 Å². The third-order valence-electron chi connectivity index (χ3n) is 4.57. The van der Waals surface area contributed by atoms with Crippen molar-refractivity contribution in [2.75, 3.05) is 0 Å². The summed E-state index contributed by atoms with van der Waals surface area (Å²) < 4.78 is 0. The third kappa shape index (κ3) is 1.71. The molecule has 0 bridgehead atoms. The summed E-state index contributed by atoms with van der Waals surface area (Å²) >= 11 is 0. The second-order valence-electron chi connectivity index (χ2n) is 5.57. The van der Waals surface area contributed by atoms with E-state index in [1.165, 1.54) is 24.8 Å². The van der Waals surface area contributed by atoms with Crippen LogP contribution < -0.4 is 0 Å². The molecule has 1 saturated carbocycles. The molecule has 0 radical (unpaired) electrons. The summed E-state index contributed by atoms with van der Waals surface area (Å²) in [6, 6.07) is 0. The fourth-order valence-corrected chi connectivity index (χ4v) is 3.08. The van der Waals surface area contributed by atoms with Crippen LogP contribution in [0.2, 0.25) is 0 Å². The Balaban J connectivity index is 2.26. The van der Waals surface area contributed by atoms with E-state index in [1.54, 1.807) is 5.57 Å². The lowest BCUT2D eigenvalue weighted by molar-refractivity contribution is 0.197. The molecular formula is C15H22. The minimum absolute atomic E-state index is 0.399. The first-order valence-corrected chi connectivity index (χ1v) is 6.07. The summed E-state index contributed by atoms with van der Waals surface area (Å²) in [7, 11) is 0. The average Bonchev–Trinajstić information content (AvgIpc) is 2.19. The predicted molar refractivity (Wildman–Crippen MR) is 66.6 cm³/mol. The highest BCUT2D eigenvalue weighted by Gasteiger charge is 2.40. The van der Waals surface area contributed by atoms with Gasteiger partial charge in [0.15, 0.2) is 0 Å². The van der Waals surface area contributed by atoms with E-state index in [-0.39, 0.29) is 0 Å². The van der Waals surface area contributed by atoms with Crippen molar-refractivity contribution < 1.29 is 0 Å². The van der Waals surface area contributed by atoms with Crippen LogP contribution in [0.15, 0.2) is 36.0 Å². The van der Waals surface area contributed by atoms with Gasteiger partial charge in [-0.1, -0.05) is 49.8 Å². The fourth-order valence-electron chi connectivity index (χ4n) is 3.08. The van der Waals surface area contributed by atoms with E-state index in [4.69, 9.17) is 0 Å². The van der Waals surface area contributed by atoms with E-state index in [0.717, 1.165) is 5.92 Å². The van der Waals surface area contributed by atoms with Crippen LogP contribution in [0, 0.1) is 17.3 Å². The molecule has 15 heavy (non-hydrogen) atoms. The van der Waals surface area contributed by atoms with Crippen molar-refractivity contribution in [1.29, 1.82) is 0 Å². The Morgan fingerprint density at radius 3 is 2.93 bits per heavy atom. The summed E-state index contributed by atoms with van der Waals surface area (Å²) in [6.45, 7) is 11.1. The van der Waals surface area contributed by atoms with E-state index in [9.17, 15) is 0 Å². The highest BCUT2D eigenvalue weighted by molar-refractivity contribution is 5.30. The average molecular weight is 202 g/mol. The van der Waals surface area contributed by atoms with Gasteiger partial charge >= 0.3 is 0 Å². The first-order chi connectivity index (χ1) is 7.04. The van der Waals surface area contributed by atoms with Crippen molar-refractivity contribution in [2.24, 2.45) is 17.3 Å². The smallest absolute Gasteiger partial charge is 0.00474 e. The molecule has 82 valence electrons. The molecule has 1 fully saturated rings. The number of rotatable bonds is 1. The summed E-state index contributed by atoms with van der Waals surface area (Å²) in [5.74, 6) is 1.42. The largest absolute Gasteiger partial charge is 0.0999 e. The van der Waals surface area contributed by atoms with Gasteiger partial charge in [-0.05, 0) is 43.4 Å². The quantitative estimate of drug-likeness (QED) is 0.549. The maximum atomic E-state index is 4.14. The molecule has 0 N–H and O–H groups in total. The van der Waals surface area contributed by atoms with Gasteiger partial charge in [0.25, 0.3) is 0 Å². The second-order valence-corrected chi connectivity index (χ2v) is 5.57. The number of hydrogen-bond acceptors (Lipinski definition) is 0. The van der Waals surface area contributed by atoms with Gasteiger partial charge in [0.1, 0.15) is 0 Å². The Labute approximate surface area is 93.8 Å². The van der Waals surface area contributed by atoms with Crippen LogP contribution in [0.3, 0.4) is 0 Å². The Kier molecular flexibility index (Phi) is 2.62. The van der Waals surface area contributed by atoms with Crippen molar-refractivity contribution in [2.45, 2.75) is 40.0 Å². The molecule has 2 aliphatic carbocycles. The summed E-state index contributed by atoms with van der Waals surface area (Å²) in [5, 5.41) is 0. The molecule has 0 aromatic heterocycles. The Morgan fingerprint density at radius 2 is 2.27 bits per heavy atom. The highest BCUT2D eigenvalue weighted by Crippen LogP contribution is 2.51. The normalized spacial score (nSPS) is 39.5. The van der Waals surface area contributed by atoms with E-state index in [1.807, 2.05) is 0 Å². The predicted octanol–water partition coefficient (Wildman–Crippen LogP) is 4.50. The summed E-state index contributed by atoms with van der Waals surface area (Å²) in [6.07, 6.45) is 10.8. The minimum Gasteiger partial charge on any atom is -0.0999 e. The lowest BCUT2D eigenvalue weighted by atomic mass is 9.59. The van der Waals surface area contributed by atoms with Crippen molar-refractivity contribution in [3.05, 3.63) is 36.0 Å². The first-order valence-electron chi connectivity index (χ1n) is 6.07. The molecule has 0 amide bonds. The van der Waals surface area contributed by atoms with Crippen molar-refractivity contribution in [3.63, 3.8) is 0 Å². The van der Waals surface area contributed by atoms with Gasteiger partial charge < -0.3 is 0 Å². The standard InChI is InChI=1S/C15H22/c1-11(2)13-8-9-14-7-5-6-12(3)15(14,4)10-13/h5-7,12-13H,1,8-10H2,2-4H3/t12-,13+,15-/m0/s1. The van der Waals surface area contributed by atoms with Gasteiger partial charge in [0.05, 0.1) is 0 Å². The maximum Gasteiger partial charge on any atom is -0.00474 e. The van der Waals surface area contributed by atoms with Crippen LogP contribution in [0.5, 0.6) is 0 Å². The first kappa shape index (κ1) is 10.7. The Morgan fingerprint density at radius 1 is 1.53 bits per heavy atom. The molecule has 0 nitrogen and oxygen atoms in total. The number of hydrogen-bond donors (Lipinski definition) is 0. The SMILES string of the molecule is C=C(C)[C@@H]1CCC2=CC=C[C@H](C)[C@]2(C)C1. The summed E-state index contributed by atoms with van der Waals surface area (Å²) in [4.78, 5) is 0. The molecular weight excluding hydrogens is 180 g/mol. The van der Waals surface area contributed by atoms with Gasteiger partial charge in [0, 0.05) is 0 Å². The van der Waals surface area contributed by atoms with Gasteiger partial charge in [0.2, 0.25) is 0 Å². The van der Waals surface area contributed by atoms with E-state index in [0.29, 0.717) is 11.3 Å². The van der Waals surface area contributed by atoms with E-state index >= 15 is 0 Å². The van der Waals surface area contributed by atoms with Gasteiger partial charge in [-0.25, -0.2) is 0 Å². The van der Waals surface area contributed by atoms with Crippen LogP contribution in [0.4, 0.5) is 0 Å². The molecule has 0 heteroatoms.